The van der Waals surface area contributed by atoms with E-state index in [4.69, 9.17) is 11.6 Å². The van der Waals surface area contributed by atoms with Crippen LogP contribution in [0.3, 0.4) is 0 Å². The average Bonchev–Trinajstić information content (AvgIpc) is 3.19. The van der Waals surface area contributed by atoms with Crippen molar-refractivity contribution in [2.45, 2.75) is 19.5 Å². The van der Waals surface area contributed by atoms with Crippen LogP contribution in [0, 0.1) is 0 Å². The zero-order chi connectivity index (χ0) is 16.2. The Morgan fingerprint density at radius 2 is 2.17 bits per heavy atom. The Balaban J connectivity index is 1.65. The number of amides is 1. The topological polar surface area (TPSA) is 72.7 Å². The summed E-state index contributed by atoms with van der Waals surface area (Å²) in [6, 6.07) is 11.1. The number of carbonyl (C=O) groups is 1. The van der Waals surface area contributed by atoms with Crippen LogP contribution in [0.15, 0.2) is 41.8 Å². The van der Waals surface area contributed by atoms with Gasteiger partial charge < -0.3 is 5.32 Å². The highest BCUT2D eigenvalue weighted by molar-refractivity contribution is 7.10. The number of nitrogens with one attached hydrogen (secondary N) is 1. The summed E-state index contributed by atoms with van der Waals surface area (Å²) >= 11 is 7.71. The fourth-order valence-corrected chi connectivity index (χ4v) is 3.04. The van der Waals surface area contributed by atoms with Crippen LogP contribution in [0.5, 0.6) is 0 Å². The van der Waals surface area contributed by atoms with E-state index in [1.165, 1.54) is 4.80 Å². The number of thiophene rings is 1. The van der Waals surface area contributed by atoms with Gasteiger partial charge in [-0.25, -0.2) is 0 Å². The summed E-state index contributed by atoms with van der Waals surface area (Å²) in [4.78, 5) is 14.4. The van der Waals surface area contributed by atoms with Gasteiger partial charge in [0.15, 0.2) is 0 Å². The lowest BCUT2D eigenvalue weighted by molar-refractivity contribution is -0.122. The van der Waals surface area contributed by atoms with Gasteiger partial charge in [0.25, 0.3) is 0 Å². The second kappa shape index (κ2) is 6.89. The van der Waals surface area contributed by atoms with Gasteiger partial charge >= 0.3 is 0 Å². The molecule has 0 aliphatic heterocycles. The van der Waals surface area contributed by atoms with Crippen LogP contribution in [0.4, 0.5) is 0 Å². The van der Waals surface area contributed by atoms with Crippen LogP contribution >= 0.6 is 22.9 Å². The van der Waals surface area contributed by atoms with Crippen molar-refractivity contribution in [3.05, 3.63) is 51.7 Å². The van der Waals surface area contributed by atoms with Crippen molar-refractivity contribution in [1.82, 2.24) is 25.5 Å². The Bertz CT molecular complexity index is 802. The molecule has 118 valence electrons. The van der Waals surface area contributed by atoms with Gasteiger partial charge in [-0.3, -0.25) is 4.79 Å². The first kappa shape index (κ1) is 15.6. The largest absolute Gasteiger partial charge is 0.347 e. The zero-order valence-electron chi connectivity index (χ0n) is 12.3. The van der Waals surface area contributed by atoms with E-state index in [2.05, 4.69) is 20.7 Å². The van der Waals surface area contributed by atoms with Crippen LogP contribution in [0.1, 0.15) is 17.8 Å². The molecule has 0 saturated heterocycles. The van der Waals surface area contributed by atoms with Gasteiger partial charge in [0, 0.05) is 10.4 Å². The predicted octanol–water partition coefficient (Wildman–Crippen LogP) is 2.93. The summed E-state index contributed by atoms with van der Waals surface area (Å²) in [6.45, 7) is 1.95. The molecule has 6 nitrogen and oxygen atoms in total. The highest BCUT2D eigenvalue weighted by atomic mass is 35.5. The Morgan fingerprint density at radius 1 is 1.35 bits per heavy atom. The molecule has 0 fully saturated rings. The number of halogens is 1. The van der Waals surface area contributed by atoms with Gasteiger partial charge in [-0.1, -0.05) is 29.8 Å². The molecule has 0 spiro atoms. The Hall–Kier alpha value is -2.25. The van der Waals surface area contributed by atoms with Crippen molar-refractivity contribution in [1.29, 1.82) is 0 Å². The average molecular weight is 348 g/mol. The fourth-order valence-electron chi connectivity index (χ4n) is 2.08. The number of aromatic nitrogens is 4. The van der Waals surface area contributed by atoms with Gasteiger partial charge in [-0.05, 0) is 35.7 Å². The second-order valence-corrected chi connectivity index (χ2v) is 6.31. The van der Waals surface area contributed by atoms with Gasteiger partial charge in [0.1, 0.15) is 6.54 Å². The quantitative estimate of drug-likeness (QED) is 0.770. The molecule has 0 aliphatic carbocycles. The van der Waals surface area contributed by atoms with E-state index in [0.29, 0.717) is 16.4 Å². The third kappa shape index (κ3) is 3.75. The van der Waals surface area contributed by atoms with Crippen molar-refractivity contribution in [3.63, 3.8) is 0 Å². The minimum Gasteiger partial charge on any atom is -0.347 e. The molecule has 2 heterocycles. The van der Waals surface area contributed by atoms with E-state index in [1.807, 2.05) is 42.6 Å². The summed E-state index contributed by atoms with van der Waals surface area (Å²) in [7, 11) is 0. The number of nitrogens with zero attached hydrogens (tertiary/aromatic N) is 4. The van der Waals surface area contributed by atoms with Crippen molar-refractivity contribution < 1.29 is 4.79 Å². The maximum absolute atomic E-state index is 12.1. The zero-order valence-corrected chi connectivity index (χ0v) is 13.9. The molecule has 0 radical (unpaired) electrons. The van der Waals surface area contributed by atoms with Crippen LogP contribution in [-0.4, -0.2) is 26.1 Å². The van der Waals surface area contributed by atoms with E-state index in [-0.39, 0.29) is 18.5 Å². The monoisotopic (exact) mass is 347 g/mol. The molecule has 0 saturated carbocycles. The molecule has 8 heteroatoms. The van der Waals surface area contributed by atoms with Crippen LogP contribution in [0.2, 0.25) is 5.02 Å². The number of carbonyl (C=O) groups excluding carboxylic acids is 1. The molecule has 1 atom stereocenters. The molecule has 23 heavy (non-hydrogen) atoms. The lowest BCUT2D eigenvalue weighted by atomic mass is 10.2. The van der Waals surface area contributed by atoms with E-state index in [9.17, 15) is 4.79 Å². The SMILES string of the molecule is C[C@H](NC(=O)Cn1nnc(-c2ccccc2Cl)n1)c1cccs1. The van der Waals surface area contributed by atoms with Gasteiger partial charge in [0.2, 0.25) is 11.7 Å². The van der Waals surface area contributed by atoms with Crippen LogP contribution in [0.25, 0.3) is 11.4 Å². The molecule has 1 N–H and O–H groups in total. The smallest absolute Gasteiger partial charge is 0.244 e. The summed E-state index contributed by atoms with van der Waals surface area (Å²) in [5.41, 5.74) is 0.688. The highest BCUT2D eigenvalue weighted by Gasteiger charge is 2.14. The van der Waals surface area contributed by atoms with E-state index >= 15 is 0 Å². The number of hydrogen-bond donors (Lipinski definition) is 1. The minimum absolute atomic E-state index is 0.00711. The first-order valence-corrected chi connectivity index (χ1v) is 8.24. The maximum atomic E-state index is 12.1. The van der Waals surface area contributed by atoms with Gasteiger partial charge in [-0.2, -0.15) is 4.80 Å². The van der Waals surface area contributed by atoms with Gasteiger partial charge in [0.05, 0.1) is 11.1 Å². The normalized spacial score (nSPS) is 12.1. The lowest BCUT2D eigenvalue weighted by Gasteiger charge is -2.11. The molecular weight excluding hydrogens is 334 g/mol. The third-order valence-corrected chi connectivity index (χ3v) is 4.58. The summed E-state index contributed by atoms with van der Waals surface area (Å²) in [6.07, 6.45) is 0. The first-order valence-electron chi connectivity index (χ1n) is 6.99. The highest BCUT2D eigenvalue weighted by Crippen LogP contribution is 2.23. The maximum Gasteiger partial charge on any atom is 0.244 e. The molecule has 0 bridgehead atoms. The number of hydrogen-bond acceptors (Lipinski definition) is 5. The molecular formula is C15H14ClN5OS. The summed E-state index contributed by atoms with van der Waals surface area (Å²) in [5, 5.41) is 17.5. The van der Waals surface area contributed by atoms with Crippen LogP contribution in [-0.2, 0) is 11.3 Å². The predicted molar refractivity (Wildman–Crippen MR) is 89.1 cm³/mol. The molecule has 1 amide bonds. The summed E-state index contributed by atoms with van der Waals surface area (Å²) < 4.78 is 0. The number of benzene rings is 1. The third-order valence-electron chi connectivity index (χ3n) is 3.20. The lowest BCUT2D eigenvalue weighted by Crippen LogP contribution is -2.30. The molecule has 1 aromatic carbocycles. The van der Waals surface area contributed by atoms with Crippen molar-refractivity contribution in [2.75, 3.05) is 0 Å². The molecule has 2 aromatic heterocycles. The Morgan fingerprint density at radius 3 is 2.91 bits per heavy atom. The fraction of sp³-hybridized carbons (Fsp3) is 0.200. The van der Waals surface area contributed by atoms with E-state index in [0.717, 1.165) is 4.88 Å². The Labute approximate surface area is 142 Å². The second-order valence-electron chi connectivity index (χ2n) is 4.93. The summed E-state index contributed by atoms with van der Waals surface area (Å²) in [5.74, 6) is 0.226. The molecule has 0 aliphatic rings. The van der Waals surface area contributed by atoms with Crippen molar-refractivity contribution >= 4 is 28.8 Å². The standard InChI is InChI=1S/C15H14ClN5OS/c1-10(13-7-4-8-23-13)17-14(22)9-21-19-15(18-20-21)11-5-2-3-6-12(11)16/h2-8,10H,9H2,1H3,(H,17,22)/t10-/m0/s1. The number of tetrazole rings is 1. The number of rotatable bonds is 5. The van der Waals surface area contributed by atoms with E-state index in [1.54, 1.807) is 17.4 Å². The van der Waals surface area contributed by atoms with Crippen molar-refractivity contribution in [2.24, 2.45) is 0 Å². The Kier molecular flexibility index (Phi) is 4.68. The molecule has 3 rings (SSSR count). The molecule has 0 unspecified atom stereocenters. The molecule has 3 aromatic rings. The van der Waals surface area contributed by atoms with Crippen LogP contribution < -0.4 is 5.32 Å². The first-order chi connectivity index (χ1) is 11.1. The van der Waals surface area contributed by atoms with E-state index < -0.39 is 0 Å². The van der Waals surface area contributed by atoms with Gasteiger partial charge in [-0.15, -0.1) is 21.5 Å². The minimum atomic E-state index is -0.172. The van der Waals surface area contributed by atoms with Crippen molar-refractivity contribution in [3.8, 4) is 11.4 Å².